The van der Waals surface area contributed by atoms with E-state index in [0.29, 0.717) is 11.3 Å². The molecule has 0 atom stereocenters. The lowest BCUT2D eigenvalue weighted by Crippen LogP contribution is -2.49. The van der Waals surface area contributed by atoms with Crippen molar-refractivity contribution in [2.24, 2.45) is 0 Å². The number of carbonyl (C=O) groups excluding carboxylic acids is 2. The minimum absolute atomic E-state index is 0.0249. The van der Waals surface area contributed by atoms with Crippen molar-refractivity contribution >= 4 is 12.1 Å². The second kappa shape index (κ2) is 7.35. The highest BCUT2D eigenvalue weighted by Crippen LogP contribution is 2.14. The van der Waals surface area contributed by atoms with Crippen LogP contribution in [0.5, 0.6) is 5.75 Å². The minimum Gasteiger partial charge on any atom is -0.497 e. The van der Waals surface area contributed by atoms with E-state index in [0.717, 1.165) is 0 Å². The normalized spacial score (nSPS) is 11.6. The summed E-state index contributed by atoms with van der Waals surface area (Å²) < 4.78 is 15.5. The summed E-state index contributed by atoms with van der Waals surface area (Å²) in [5.41, 5.74) is -0.913. The Bertz CT molecular complexity index is 543. The standard InChI is InChI=1S/C17H25NO5/c1-16(2,3)23-15(20)18-17(4,5)11-22-14(19)12-7-9-13(21-6)10-8-12/h7-10H,11H2,1-6H3,(H,18,20). The molecular formula is C17H25NO5. The highest BCUT2D eigenvalue weighted by molar-refractivity contribution is 5.89. The van der Waals surface area contributed by atoms with E-state index in [4.69, 9.17) is 14.2 Å². The van der Waals surface area contributed by atoms with Gasteiger partial charge in [0.15, 0.2) is 0 Å². The molecule has 0 heterocycles. The lowest BCUT2D eigenvalue weighted by atomic mass is 10.1. The number of hydrogen-bond donors (Lipinski definition) is 1. The minimum atomic E-state index is -0.746. The monoisotopic (exact) mass is 323 g/mol. The summed E-state index contributed by atoms with van der Waals surface area (Å²) >= 11 is 0. The van der Waals surface area contributed by atoms with Gasteiger partial charge in [-0.05, 0) is 58.9 Å². The smallest absolute Gasteiger partial charge is 0.408 e. The second-order valence-corrected chi connectivity index (χ2v) is 6.82. The van der Waals surface area contributed by atoms with Crippen LogP contribution in [0.4, 0.5) is 4.79 Å². The van der Waals surface area contributed by atoms with E-state index in [1.165, 1.54) is 0 Å². The average molecular weight is 323 g/mol. The SMILES string of the molecule is COc1ccc(C(=O)OCC(C)(C)NC(=O)OC(C)(C)C)cc1. The number of hydrogen-bond acceptors (Lipinski definition) is 5. The van der Waals surface area contributed by atoms with Crippen molar-refractivity contribution in [2.45, 2.75) is 45.8 Å². The first kappa shape index (κ1) is 18.8. The van der Waals surface area contributed by atoms with E-state index in [2.05, 4.69) is 5.32 Å². The van der Waals surface area contributed by atoms with E-state index < -0.39 is 23.2 Å². The van der Waals surface area contributed by atoms with Crippen molar-refractivity contribution in [2.75, 3.05) is 13.7 Å². The maximum atomic E-state index is 12.0. The molecule has 0 unspecified atom stereocenters. The number of benzene rings is 1. The Balaban J connectivity index is 2.54. The fourth-order valence-corrected chi connectivity index (χ4v) is 1.67. The van der Waals surface area contributed by atoms with E-state index in [9.17, 15) is 9.59 Å². The van der Waals surface area contributed by atoms with E-state index in [1.54, 1.807) is 66.0 Å². The highest BCUT2D eigenvalue weighted by Gasteiger charge is 2.26. The van der Waals surface area contributed by atoms with Crippen LogP contribution in [0.3, 0.4) is 0 Å². The van der Waals surface area contributed by atoms with Gasteiger partial charge in [0, 0.05) is 0 Å². The number of rotatable bonds is 5. The van der Waals surface area contributed by atoms with Gasteiger partial charge in [-0.2, -0.15) is 0 Å². The van der Waals surface area contributed by atoms with Crippen molar-refractivity contribution in [1.82, 2.24) is 5.32 Å². The number of esters is 1. The quantitative estimate of drug-likeness (QED) is 0.843. The van der Waals surface area contributed by atoms with E-state index in [-0.39, 0.29) is 6.61 Å². The van der Waals surface area contributed by atoms with Gasteiger partial charge in [0.25, 0.3) is 0 Å². The van der Waals surface area contributed by atoms with Crippen molar-refractivity contribution < 1.29 is 23.8 Å². The van der Waals surface area contributed by atoms with Crippen LogP contribution >= 0.6 is 0 Å². The lowest BCUT2D eigenvalue weighted by Gasteiger charge is -2.28. The fourth-order valence-electron chi connectivity index (χ4n) is 1.67. The van der Waals surface area contributed by atoms with Gasteiger partial charge in [-0.1, -0.05) is 0 Å². The molecule has 1 aromatic carbocycles. The van der Waals surface area contributed by atoms with Gasteiger partial charge in [0.1, 0.15) is 18.0 Å². The van der Waals surface area contributed by atoms with Crippen molar-refractivity contribution in [3.63, 3.8) is 0 Å². The molecule has 0 bridgehead atoms. The van der Waals surface area contributed by atoms with Crippen molar-refractivity contribution in [1.29, 1.82) is 0 Å². The molecule has 1 amide bonds. The third-order valence-corrected chi connectivity index (χ3v) is 2.73. The number of ether oxygens (including phenoxy) is 3. The number of amides is 1. The van der Waals surface area contributed by atoms with Gasteiger partial charge in [-0.3, -0.25) is 0 Å². The molecule has 1 rings (SSSR count). The summed E-state index contributed by atoms with van der Waals surface area (Å²) in [5, 5.41) is 2.68. The average Bonchev–Trinajstić information content (AvgIpc) is 2.42. The summed E-state index contributed by atoms with van der Waals surface area (Å²) in [5.74, 6) is 0.195. The van der Waals surface area contributed by atoms with Gasteiger partial charge >= 0.3 is 12.1 Å². The number of carbonyl (C=O) groups is 2. The summed E-state index contributed by atoms with van der Waals surface area (Å²) in [7, 11) is 1.55. The van der Waals surface area contributed by atoms with Gasteiger partial charge < -0.3 is 19.5 Å². The lowest BCUT2D eigenvalue weighted by molar-refractivity contribution is 0.0285. The van der Waals surface area contributed by atoms with Crippen LogP contribution in [-0.4, -0.2) is 36.9 Å². The van der Waals surface area contributed by atoms with Gasteiger partial charge in [0.2, 0.25) is 0 Å². The maximum Gasteiger partial charge on any atom is 0.408 e. The highest BCUT2D eigenvalue weighted by atomic mass is 16.6. The van der Waals surface area contributed by atoms with Crippen LogP contribution in [0.25, 0.3) is 0 Å². The largest absolute Gasteiger partial charge is 0.497 e. The molecule has 0 fully saturated rings. The van der Waals surface area contributed by atoms with Crippen LogP contribution in [0, 0.1) is 0 Å². The molecule has 0 aliphatic heterocycles. The van der Waals surface area contributed by atoms with Gasteiger partial charge in [-0.15, -0.1) is 0 Å². The first-order valence-corrected chi connectivity index (χ1v) is 7.35. The molecule has 128 valence electrons. The molecule has 6 heteroatoms. The molecular weight excluding hydrogens is 298 g/mol. The maximum absolute atomic E-state index is 12.0. The number of alkyl carbamates (subject to hydrolysis) is 1. The Morgan fingerprint density at radius 3 is 2.09 bits per heavy atom. The van der Waals surface area contributed by atoms with Gasteiger partial charge in [-0.25, -0.2) is 9.59 Å². The zero-order chi connectivity index (χ0) is 17.7. The molecule has 0 aromatic heterocycles. The first-order chi connectivity index (χ1) is 10.5. The summed E-state index contributed by atoms with van der Waals surface area (Å²) in [6.45, 7) is 8.86. The van der Waals surface area contributed by atoms with Crippen molar-refractivity contribution in [3.05, 3.63) is 29.8 Å². The predicted octanol–water partition coefficient (Wildman–Crippen LogP) is 3.16. The number of methoxy groups -OCH3 is 1. The molecule has 0 aliphatic rings. The van der Waals surface area contributed by atoms with Gasteiger partial charge in [0.05, 0.1) is 18.2 Å². The Labute approximate surface area is 137 Å². The topological polar surface area (TPSA) is 73.9 Å². The van der Waals surface area contributed by atoms with Crippen LogP contribution in [0.1, 0.15) is 45.0 Å². The van der Waals surface area contributed by atoms with E-state index >= 15 is 0 Å². The Morgan fingerprint density at radius 2 is 1.61 bits per heavy atom. The molecule has 0 saturated carbocycles. The Morgan fingerprint density at radius 1 is 1.04 bits per heavy atom. The molecule has 23 heavy (non-hydrogen) atoms. The molecule has 0 saturated heterocycles. The summed E-state index contributed by atoms with van der Waals surface area (Å²) in [4.78, 5) is 23.8. The Hall–Kier alpha value is -2.24. The predicted molar refractivity (Wildman–Crippen MR) is 86.7 cm³/mol. The van der Waals surface area contributed by atoms with Crippen LogP contribution in [0.15, 0.2) is 24.3 Å². The summed E-state index contributed by atoms with van der Waals surface area (Å²) in [6, 6.07) is 6.60. The third kappa shape index (κ3) is 7.04. The van der Waals surface area contributed by atoms with E-state index in [1.807, 2.05) is 0 Å². The zero-order valence-electron chi connectivity index (χ0n) is 14.6. The second-order valence-electron chi connectivity index (χ2n) is 6.82. The molecule has 6 nitrogen and oxygen atoms in total. The number of nitrogens with one attached hydrogen (secondary N) is 1. The fraction of sp³-hybridized carbons (Fsp3) is 0.529. The van der Waals surface area contributed by atoms with Crippen LogP contribution in [-0.2, 0) is 9.47 Å². The molecule has 1 N–H and O–H groups in total. The third-order valence-electron chi connectivity index (χ3n) is 2.73. The molecule has 1 aromatic rings. The first-order valence-electron chi connectivity index (χ1n) is 7.35. The van der Waals surface area contributed by atoms with Crippen LogP contribution < -0.4 is 10.1 Å². The molecule has 0 aliphatic carbocycles. The van der Waals surface area contributed by atoms with Crippen molar-refractivity contribution in [3.8, 4) is 5.75 Å². The molecule has 0 spiro atoms. The summed E-state index contributed by atoms with van der Waals surface area (Å²) in [6.07, 6.45) is -0.553. The zero-order valence-corrected chi connectivity index (χ0v) is 14.6. The Kier molecular flexibility index (Phi) is 6.01. The van der Waals surface area contributed by atoms with Crippen LogP contribution in [0.2, 0.25) is 0 Å². The molecule has 0 radical (unpaired) electrons.